The number of fused-ring (bicyclic) bond motifs is 1. The number of hydrogen-bond donors (Lipinski definition) is 1. The van der Waals surface area contributed by atoms with Gasteiger partial charge in [0.1, 0.15) is 0 Å². The first-order chi connectivity index (χ1) is 4.87. The van der Waals surface area contributed by atoms with Crippen LogP contribution in [0.25, 0.3) is 0 Å². The molecule has 0 bridgehead atoms. The van der Waals surface area contributed by atoms with Crippen LogP contribution in [0.2, 0.25) is 0 Å². The fourth-order valence-electron chi connectivity index (χ4n) is 1.76. The third-order valence-corrected chi connectivity index (χ3v) is 2.45. The van der Waals surface area contributed by atoms with Gasteiger partial charge in [0.15, 0.2) is 0 Å². The lowest BCUT2D eigenvalue weighted by atomic mass is 9.91. The molecule has 2 heteroatoms. The van der Waals surface area contributed by atoms with Crippen LogP contribution in [0.5, 0.6) is 0 Å². The van der Waals surface area contributed by atoms with Crippen molar-refractivity contribution >= 4 is 0 Å². The topological polar surface area (TPSA) is 38.5 Å². The molecule has 1 saturated heterocycles. The van der Waals surface area contributed by atoms with Crippen LogP contribution < -0.4 is 5.73 Å². The van der Waals surface area contributed by atoms with Crippen LogP contribution in [0.15, 0.2) is 12.2 Å². The zero-order valence-corrected chi connectivity index (χ0v) is 6.05. The molecule has 56 valence electrons. The summed E-state index contributed by atoms with van der Waals surface area (Å²) in [6, 6.07) is 0. The molecular formula is C8H13NO. The maximum Gasteiger partial charge on any atom is 0.0997 e. The molecule has 2 atom stereocenters. The van der Waals surface area contributed by atoms with Crippen LogP contribution in [0.3, 0.4) is 0 Å². The molecule has 0 radical (unpaired) electrons. The van der Waals surface area contributed by atoms with Crippen LogP contribution in [-0.4, -0.2) is 18.2 Å². The first kappa shape index (κ1) is 6.38. The number of nitrogens with two attached hydrogens (primary N) is 1. The molecule has 2 N–H and O–H groups in total. The van der Waals surface area contributed by atoms with Crippen LogP contribution >= 0.6 is 0 Å². The molecule has 0 aromatic carbocycles. The molecule has 0 aromatic rings. The monoisotopic (exact) mass is 139 g/mol. The molecule has 1 heterocycles. The van der Waals surface area contributed by atoms with Crippen molar-refractivity contribution in [3.8, 4) is 0 Å². The second-order valence-corrected chi connectivity index (χ2v) is 3.12. The molecule has 1 fully saturated rings. The zero-order valence-electron chi connectivity index (χ0n) is 6.05. The second kappa shape index (κ2) is 2.07. The summed E-state index contributed by atoms with van der Waals surface area (Å²) in [5.74, 6) is 0. The largest absolute Gasteiger partial charge is 0.365 e. The molecule has 2 unspecified atom stereocenters. The van der Waals surface area contributed by atoms with Gasteiger partial charge in [0, 0.05) is 0 Å². The zero-order chi connectivity index (χ0) is 7.03. The molecule has 0 spiro atoms. The highest BCUT2D eigenvalue weighted by Crippen LogP contribution is 2.47. The van der Waals surface area contributed by atoms with Gasteiger partial charge in [-0.15, -0.1) is 0 Å². The molecule has 0 amide bonds. The van der Waals surface area contributed by atoms with E-state index in [2.05, 4.69) is 12.2 Å². The summed E-state index contributed by atoms with van der Waals surface area (Å²) in [4.78, 5) is 0. The van der Waals surface area contributed by atoms with E-state index in [1.807, 2.05) is 0 Å². The van der Waals surface area contributed by atoms with Gasteiger partial charge in [-0.05, 0) is 25.8 Å². The fourth-order valence-corrected chi connectivity index (χ4v) is 1.76. The van der Waals surface area contributed by atoms with E-state index in [-0.39, 0.29) is 5.60 Å². The van der Waals surface area contributed by atoms with Gasteiger partial charge in [-0.25, -0.2) is 0 Å². The first-order valence-electron chi connectivity index (χ1n) is 3.90. The molecule has 1 aliphatic heterocycles. The minimum Gasteiger partial charge on any atom is -0.365 e. The van der Waals surface area contributed by atoms with Crippen molar-refractivity contribution in [1.29, 1.82) is 0 Å². The van der Waals surface area contributed by atoms with E-state index in [1.54, 1.807) is 0 Å². The van der Waals surface area contributed by atoms with Crippen molar-refractivity contribution < 1.29 is 4.74 Å². The lowest BCUT2D eigenvalue weighted by Crippen LogP contribution is -2.20. The van der Waals surface area contributed by atoms with Crippen LogP contribution in [-0.2, 0) is 4.74 Å². The third kappa shape index (κ3) is 0.796. The smallest absolute Gasteiger partial charge is 0.0997 e. The minimum absolute atomic E-state index is 0.184. The predicted molar refractivity (Wildman–Crippen MR) is 39.6 cm³/mol. The van der Waals surface area contributed by atoms with Crippen LogP contribution in [0, 0.1) is 0 Å². The quantitative estimate of drug-likeness (QED) is 0.454. The van der Waals surface area contributed by atoms with Crippen LogP contribution in [0.4, 0.5) is 0 Å². The van der Waals surface area contributed by atoms with Gasteiger partial charge in [0.2, 0.25) is 0 Å². The molecule has 0 saturated carbocycles. The Kier molecular flexibility index (Phi) is 1.32. The number of rotatable bonds is 2. The first-order valence-corrected chi connectivity index (χ1v) is 3.90. The highest BCUT2D eigenvalue weighted by Gasteiger charge is 2.54. The summed E-state index contributed by atoms with van der Waals surface area (Å²) >= 11 is 0. The SMILES string of the molecule is NCCC12CC=CCC1O2. The van der Waals surface area contributed by atoms with Crippen molar-refractivity contribution in [2.45, 2.75) is 31.0 Å². The van der Waals surface area contributed by atoms with E-state index in [4.69, 9.17) is 10.5 Å². The van der Waals surface area contributed by atoms with Gasteiger partial charge in [-0.2, -0.15) is 0 Å². The Labute approximate surface area is 61.0 Å². The Bertz CT molecular complexity index is 167. The Balaban J connectivity index is 2.00. The lowest BCUT2D eigenvalue weighted by Gasteiger charge is -2.10. The summed E-state index contributed by atoms with van der Waals surface area (Å²) < 4.78 is 5.56. The lowest BCUT2D eigenvalue weighted by molar-refractivity contribution is 0.286. The molecule has 2 aliphatic rings. The fraction of sp³-hybridized carbons (Fsp3) is 0.750. The van der Waals surface area contributed by atoms with Crippen molar-refractivity contribution in [2.24, 2.45) is 5.73 Å². The van der Waals surface area contributed by atoms with Crippen molar-refractivity contribution in [2.75, 3.05) is 6.54 Å². The second-order valence-electron chi connectivity index (χ2n) is 3.12. The van der Waals surface area contributed by atoms with Crippen molar-refractivity contribution in [3.63, 3.8) is 0 Å². The maximum atomic E-state index is 5.56. The normalized spacial score (nSPS) is 43.1. The predicted octanol–water partition coefficient (Wildman–Crippen LogP) is 0.823. The average molecular weight is 139 g/mol. The van der Waals surface area contributed by atoms with Gasteiger partial charge in [0.05, 0.1) is 11.7 Å². The number of ether oxygens (including phenoxy) is 1. The number of epoxide rings is 1. The molecule has 10 heavy (non-hydrogen) atoms. The summed E-state index contributed by atoms with van der Waals surface area (Å²) in [6.45, 7) is 0.754. The van der Waals surface area contributed by atoms with Gasteiger partial charge < -0.3 is 10.5 Å². The van der Waals surface area contributed by atoms with E-state index < -0.39 is 0 Å². The van der Waals surface area contributed by atoms with Crippen LogP contribution in [0.1, 0.15) is 19.3 Å². The number of hydrogen-bond acceptors (Lipinski definition) is 2. The minimum atomic E-state index is 0.184. The Morgan fingerprint density at radius 1 is 1.60 bits per heavy atom. The van der Waals surface area contributed by atoms with Gasteiger partial charge in [0.25, 0.3) is 0 Å². The molecule has 2 nitrogen and oxygen atoms in total. The molecule has 1 aliphatic carbocycles. The maximum absolute atomic E-state index is 5.56. The van der Waals surface area contributed by atoms with Gasteiger partial charge in [-0.1, -0.05) is 12.2 Å². The Morgan fingerprint density at radius 2 is 2.50 bits per heavy atom. The molecule has 0 aromatic heterocycles. The standard InChI is InChI=1S/C8H13NO/c9-6-5-8-4-2-1-3-7(8)10-8/h1-2,7H,3-6,9H2. The Morgan fingerprint density at radius 3 is 3.20 bits per heavy atom. The highest BCUT2D eigenvalue weighted by atomic mass is 16.6. The highest BCUT2D eigenvalue weighted by molar-refractivity contribution is 5.14. The summed E-state index contributed by atoms with van der Waals surface area (Å²) in [6.07, 6.45) is 8.11. The van der Waals surface area contributed by atoms with Crippen molar-refractivity contribution in [1.82, 2.24) is 0 Å². The average Bonchev–Trinajstić information content (AvgIpc) is 2.62. The van der Waals surface area contributed by atoms with E-state index in [9.17, 15) is 0 Å². The Hall–Kier alpha value is -0.340. The summed E-state index contributed by atoms with van der Waals surface area (Å²) in [5, 5.41) is 0. The third-order valence-electron chi connectivity index (χ3n) is 2.45. The van der Waals surface area contributed by atoms with Gasteiger partial charge >= 0.3 is 0 Å². The summed E-state index contributed by atoms with van der Waals surface area (Å²) in [5.41, 5.74) is 5.65. The van der Waals surface area contributed by atoms with Crippen molar-refractivity contribution in [3.05, 3.63) is 12.2 Å². The van der Waals surface area contributed by atoms with Gasteiger partial charge in [-0.3, -0.25) is 0 Å². The van der Waals surface area contributed by atoms with E-state index >= 15 is 0 Å². The molecular weight excluding hydrogens is 126 g/mol. The molecule has 2 rings (SSSR count). The summed E-state index contributed by atoms with van der Waals surface area (Å²) in [7, 11) is 0. The van der Waals surface area contributed by atoms with E-state index in [0.717, 1.165) is 25.8 Å². The van der Waals surface area contributed by atoms with E-state index in [0.29, 0.717) is 6.10 Å². The van der Waals surface area contributed by atoms with E-state index in [1.165, 1.54) is 0 Å².